The van der Waals surface area contributed by atoms with Crippen LogP contribution in [0.4, 0.5) is 4.79 Å². The monoisotopic (exact) mass is 653 g/mol. The van der Waals surface area contributed by atoms with Crippen molar-refractivity contribution >= 4 is 39.4 Å². The molecule has 6 atom stereocenters. The van der Waals surface area contributed by atoms with E-state index in [1.165, 1.54) is 4.90 Å². The second-order valence-electron chi connectivity index (χ2n) is 17.1. The van der Waals surface area contributed by atoms with Gasteiger partial charge in [0.1, 0.15) is 12.1 Å². The number of rotatable bonds is 11. The molecule has 2 unspecified atom stereocenters. The smallest absolute Gasteiger partial charge is 0.315 e. The number of amides is 5. The Balaban J connectivity index is 1.84. The summed E-state index contributed by atoms with van der Waals surface area (Å²) in [6.45, 7) is 20.1. The predicted molar refractivity (Wildman–Crippen MR) is 171 cm³/mol. The highest BCUT2D eigenvalue weighted by atomic mass is 32.2. The van der Waals surface area contributed by atoms with Gasteiger partial charge in [-0.25, -0.2) is 13.2 Å². The van der Waals surface area contributed by atoms with E-state index >= 15 is 0 Å². The summed E-state index contributed by atoms with van der Waals surface area (Å²) in [4.78, 5) is 67.3. The van der Waals surface area contributed by atoms with Crippen LogP contribution in [0.25, 0.3) is 0 Å². The number of nitrogens with one attached hydrogen (secondary N) is 3. The summed E-state index contributed by atoms with van der Waals surface area (Å²) in [7, 11) is -3.58. The Labute approximate surface area is 268 Å². The van der Waals surface area contributed by atoms with Gasteiger partial charge in [0.15, 0.2) is 9.84 Å². The molecule has 256 valence electrons. The molecule has 13 heteroatoms. The van der Waals surface area contributed by atoms with Crippen molar-refractivity contribution in [1.82, 2.24) is 20.9 Å². The lowest BCUT2D eigenvalue weighted by molar-refractivity contribution is -0.145. The topological polar surface area (TPSA) is 185 Å². The van der Waals surface area contributed by atoms with Gasteiger partial charge < -0.3 is 26.6 Å². The molecule has 3 fully saturated rings. The van der Waals surface area contributed by atoms with Crippen LogP contribution in [0.15, 0.2) is 0 Å². The SMILES string of the molecule is CC(C)(C)[C@H](NC(=O)N[C@H](CS(=O)(=O)C(C)(C)C)C(C)(C)C)C(=O)N1C[C@H]2C([C@H]1C(=O)NC(CC1CC1)C(=O)C(N)=O)C2(C)C. The highest BCUT2D eigenvalue weighted by Crippen LogP contribution is 2.65. The third-order valence-corrected chi connectivity index (χ3v) is 12.6. The zero-order valence-electron chi connectivity index (χ0n) is 28.9. The van der Waals surface area contributed by atoms with Crippen molar-refractivity contribution in [3.63, 3.8) is 0 Å². The first-order valence-corrected chi connectivity index (χ1v) is 17.6. The van der Waals surface area contributed by atoms with Gasteiger partial charge in [0.05, 0.1) is 16.5 Å². The molecule has 0 spiro atoms. The van der Waals surface area contributed by atoms with Gasteiger partial charge in [0, 0.05) is 12.6 Å². The average Bonchev–Trinajstić information content (AvgIpc) is 3.71. The number of carbonyl (C=O) groups excluding carboxylic acids is 5. The van der Waals surface area contributed by atoms with Crippen LogP contribution in [0.5, 0.6) is 0 Å². The van der Waals surface area contributed by atoms with Gasteiger partial charge in [0.2, 0.25) is 17.6 Å². The summed E-state index contributed by atoms with van der Waals surface area (Å²) in [6.07, 6.45) is 2.13. The summed E-state index contributed by atoms with van der Waals surface area (Å²) >= 11 is 0. The number of ketones is 1. The minimum Gasteiger partial charge on any atom is -0.363 e. The van der Waals surface area contributed by atoms with Gasteiger partial charge in [-0.2, -0.15) is 0 Å². The second-order valence-corrected chi connectivity index (χ2v) is 19.9. The molecule has 45 heavy (non-hydrogen) atoms. The summed E-state index contributed by atoms with van der Waals surface area (Å²) in [5.41, 5.74) is 3.69. The number of Topliss-reactive ketones (excluding diaryl/α,β-unsaturated/α-hetero) is 1. The van der Waals surface area contributed by atoms with E-state index in [-0.39, 0.29) is 28.9 Å². The van der Waals surface area contributed by atoms with E-state index in [0.29, 0.717) is 13.0 Å². The summed E-state index contributed by atoms with van der Waals surface area (Å²) in [5.74, 6) is -3.09. The molecule has 2 aliphatic carbocycles. The molecular formula is C32H55N5O7S. The van der Waals surface area contributed by atoms with Crippen molar-refractivity contribution in [3.05, 3.63) is 0 Å². The van der Waals surface area contributed by atoms with Gasteiger partial charge in [-0.3, -0.25) is 19.2 Å². The van der Waals surface area contributed by atoms with Crippen LogP contribution >= 0.6 is 0 Å². The molecule has 0 radical (unpaired) electrons. The third kappa shape index (κ3) is 8.18. The largest absolute Gasteiger partial charge is 0.363 e. The number of nitrogens with zero attached hydrogens (tertiary/aromatic N) is 1. The zero-order chi connectivity index (χ0) is 34.7. The number of sulfone groups is 1. The van der Waals surface area contributed by atoms with Gasteiger partial charge >= 0.3 is 6.03 Å². The number of carbonyl (C=O) groups is 5. The first kappa shape index (κ1) is 36.8. The number of likely N-dealkylation sites (tertiary alicyclic amines) is 1. The van der Waals surface area contributed by atoms with Crippen molar-refractivity contribution in [2.45, 2.75) is 124 Å². The molecule has 0 aromatic heterocycles. The molecule has 0 aromatic rings. The van der Waals surface area contributed by atoms with Crippen molar-refractivity contribution in [2.24, 2.45) is 39.7 Å². The third-order valence-electron chi connectivity index (χ3n) is 9.96. The predicted octanol–water partition coefficient (Wildman–Crippen LogP) is 2.15. The summed E-state index contributed by atoms with van der Waals surface area (Å²) < 4.78 is 25.1. The van der Waals surface area contributed by atoms with Crippen LogP contribution in [-0.4, -0.2) is 84.1 Å². The maximum atomic E-state index is 14.2. The Morgan fingerprint density at radius 2 is 1.44 bits per heavy atom. The number of fused-ring (bicyclic) bond motifs is 1. The zero-order valence-corrected chi connectivity index (χ0v) is 29.7. The number of hydrogen-bond acceptors (Lipinski definition) is 7. The van der Waals surface area contributed by atoms with Crippen molar-refractivity contribution in [3.8, 4) is 0 Å². The molecule has 3 aliphatic rings. The number of nitrogens with two attached hydrogens (primary N) is 1. The Bertz CT molecular complexity index is 1320. The molecule has 2 saturated carbocycles. The Morgan fingerprint density at radius 1 is 0.889 bits per heavy atom. The second kappa shape index (κ2) is 12.2. The van der Waals surface area contributed by atoms with Crippen LogP contribution < -0.4 is 21.7 Å². The first-order valence-electron chi connectivity index (χ1n) is 15.9. The van der Waals surface area contributed by atoms with Gasteiger partial charge in [0.25, 0.3) is 5.91 Å². The number of primary amides is 1. The number of urea groups is 1. The van der Waals surface area contributed by atoms with E-state index in [4.69, 9.17) is 5.73 Å². The lowest BCUT2D eigenvalue weighted by Gasteiger charge is -2.39. The van der Waals surface area contributed by atoms with Crippen molar-refractivity contribution < 1.29 is 32.4 Å². The molecule has 0 bridgehead atoms. The molecular weight excluding hydrogens is 598 g/mol. The summed E-state index contributed by atoms with van der Waals surface area (Å²) in [6, 6.07) is -4.44. The Hall–Kier alpha value is -2.70. The fourth-order valence-corrected chi connectivity index (χ4v) is 7.81. The van der Waals surface area contributed by atoms with Gasteiger partial charge in [-0.05, 0) is 61.2 Å². The molecule has 12 nitrogen and oxygen atoms in total. The van der Waals surface area contributed by atoms with Gasteiger partial charge in [-0.15, -0.1) is 0 Å². The number of piperidine rings is 1. The average molecular weight is 654 g/mol. The maximum absolute atomic E-state index is 14.2. The summed E-state index contributed by atoms with van der Waals surface area (Å²) in [5, 5.41) is 8.35. The minimum absolute atomic E-state index is 0.0493. The van der Waals surface area contributed by atoms with E-state index in [9.17, 15) is 32.4 Å². The normalized spacial score (nSPS) is 25.0. The van der Waals surface area contributed by atoms with E-state index in [2.05, 4.69) is 16.0 Å². The number of hydrogen-bond donors (Lipinski definition) is 4. The first-order chi connectivity index (χ1) is 20.2. The Kier molecular flexibility index (Phi) is 9.93. The minimum atomic E-state index is -3.58. The molecule has 5 N–H and O–H groups in total. The van der Waals surface area contributed by atoms with Crippen LogP contribution in [0, 0.1) is 34.0 Å². The lowest BCUT2D eigenvalue weighted by atomic mass is 9.85. The molecule has 1 aliphatic heterocycles. The van der Waals surface area contributed by atoms with E-state index in [1.54, 1.807) is 41.5 Å². The fourth-order valence-electron chi connectivity index (χ4n) is 6.28. The quantitative estimate of drug-likeness (QED) is 0.246. The molecule has 1 saturated heterocycles. The molecule has 5 amide bonds. The van der Waals surface area contributed by atoms with Crippen LogP contribution in [-0.2, 0) is 29.0 Å². The van der Waals surface area contributed by atoms with E-state index in [0.717, 1.165) is 12.8 Å². The van der Waals surface area contributed by atoms with Gasteiger partial charge in [-0.1, -0.05) is 68.2 Å². The van der Waals surface area contributed by atoms with Crippen molar-refractivity contribution in [1.29, 1.82) is 0 Å². The van der Waals surface area contributed by atoms with Crippen LogP contribution in [0.2, 0.25) is 0 Å². The van der Waals surface area contributed by atoms with E-state index < -0.39 is 79.1 Å². The highest BCUT2D eigenvalue weighted by Gasteiger charge is 2.70. The van der Waals surface area contributed by atoms with Crippen LogP contribution in [0.1, 0.15) is 95.4 Å². The molecule has 1 heterocycles. The highest BCUT2D eigenvalue weighted by molar-refractivity contribution is 7.92. The van der Waals surface area contributed by atoms with Crippen LogP contribution in [0.3, 0.4) is 0 Å². The Morgan fingerprint density at radius 3 is 1.89 bits per heavy atom. The standard InChI is InChI=1S/C32H55N5O7S/c1-29(2,3)20(16-45(43,44)31(7,8)9)35-28(42)36-24(30(4,5)6)27(41)37-15-18-21(32(18,10)11)22(37)26(40)34-19(14-17-12-13-17)23(38)25(33)39/h17-22,24H,12-16H2,1-11H3,(H2,33,39)(H,34,40)(H2,35,36,42)/t18-,19?,20+,21?,22-,24+/m0/s1. The molecule has 3 rings (SSSR count). The lowest BCUT2D eigenvalue weighted by Crippen LogP contribution is -2.62. The maximum Gasteiger partial charge on any atom is 0.315 e. The fraction of sp³-hybridized carbons (Fsp3) is 0.844. The van der Waals surface area contributed by atoms with E-state index in [1.807, 2.05) is 34.6 Å². The molecule has 0 aromatic carbocycles. The van der Waals surface area contributed by atoms with Crippen molar-refractivity contribution in [2.75, 3.05) is 12.3 Å².